The number of hydrogen-bond acceptors (Lipinski definition) is 6. The second-order valence-corrected chi connectivity index (χ2v) is 25.6. The summed E-state index contributed by atoms with van der Waals surface area (Å²) in [4.78, 5) is 38.5. The van der Waals surface area contributed by atoms with Crippen LogP contribution in [0.3, 0.4) is 0 Å². The molecule has 0 rings (SSSR count). The van der Waals surface area contributed by atoms with E-state index in [-0.39, 0.29) is 31.1 Å². The summed E-state index contributed by atoms with van der Waals surface area (Å²) in [5.41, 5.74) is 0. The van der Waals surface area contributed by atoms with Gasteiger partial charge in [0.15, 0.2) is 6.10 Å². The van der Waals surface area contributed by atoms with E-state index in [1.54, 1.807) is 0 Å². The summed E-state index contributed by atoms with van der Waals surface area (Å²) in [6.45, 7) is 6.72. The van der Waals surface area contributed by atoms with Gasteiger partial charge in [-0.25, -0.2) is 0 Å². The lowest BCUT2D eigenvalue weighted by Crippen LogP contribution is -2.30. The third kappa shape index (κ3) is 68.7. The summed E-state index contributed by atoms with van der Waals surface area (Å²) in [6, 6.07) is 0. The van der Waals surface area contributed by atoms with Crippen LogP contribution in [0.25, 0.3) is 0 Å². The summed E-state index contributed by atoms with van der Waals surface area (Å²) in [6.07, 6.45) is 87.9. The van der Waals surface area contributed by atoms with E-state index >= 15 is 0 Å². The van der Waals surface area contributed by atoms with Gasteiger partial charge < -0.3 is 14.2 Å². The first-order valence-electron chi connectivity index (χ1n) is 37.3. The van der Waals surface area contributed by atoms with E-state index in [0.717, 1.165) is 64.2 Å². The lowest BCUT2D eigenvalue weighted by atomic mass is 10.0. The van der Waals surface area contributed by atoms with Crippen LogP contribution in [-0.4, -0.2) is 37.2 Å². The fourth-order valence-corrected chi connectivity index (χ4v) is 11.6. The van der Waals surface area contributed by atoms with Crippen molar-refractivity contribution in [2.24, 2.45) is 0 Å². The molecule has 6 nitrogen and oxygen atoms in total. The number of ether oxygens (including phenoxy) is 3. The smallest absolute Gasteiger partial charge is 0.306 e. The van der Waals surface area contributed by atoms with Crippen LogP contribution in [0.1, 0.15) is 425 Å². The highest BCUT2D eigenvalue weighted by molar-refractivity contribution is 5.71. The van der Waals surface area contributed by atoms with Crippen molar-refractivity contribution < 1.29 is 28.6 Å². The number of allylic oxidation sites excluding steroid dienone is 4. The predicted molar refractivity (Wildman–Crippen MR) is 358 cm³/mol. The molecule has 0 aliphatic heterocycles. The Morgan fingerprint density at radius 2 is 0.402 bits per heavy atom. The van der Waals surface area contributed by atoms with Crippen molar-refractivity contribution in [2.75, 3.05) is 13.2 Å². The van der Waals surface area contributed by atoms with Crippen LogP contribution in [0.5, 0.6) is 0 Å². The molecule has 0 amide bonds. The number of carbonyl (C=O) groups excluding carboxylic acids is 3. The minimum absolute atomic E-state index is 0.0680. The molecule has 0 aromatic rings. The standard InChI is InChI=1S/C76H144O6/c1-4-7-10-13-16-19-22-25-28-30-32-34-36-38-40-41-43-45-48-51-54-57-60-63-66-69-75(78)81-72-73(71-80-74(77)68-65-62-59-56-53-50-47-27-24-21-18-15-12-9-6-3)82-76(79)70-67-64-61-58-55-52-49-46-44-42-39-37-35-33-31-29-26-23-20-17-14-11-8-5-2/h27,30,32,47,73H,4-26,28-29,31,33-46,48-72H2,1-3H3/b32-30-,47-27-. The summed E-state index contributed by atoms with van der Waals surface area (Å²) in [5.74, 6) is -0.842. The monoisotopic (exact) mass is 1150 g/mol. The Bertz CT molecular complexity index is 1320. The van der Waals surface area contributed by atoms with Crippen LogP contribution in [0.15, 0.2) is 24.3 Å². The SMILES string of the molecule is CCCCCCCC/C=C\CCCCCCCC(=O)OCC(COC(=O)CCCCCCCCCCCCCCC/C=C\CCCCCCCCCC)OC(=O)CCCCCCCCCCCCCCCCCCCCCCCCCC. The molecule has 484 valence electrons. The van der Waals surface area contributed by atoms with Crippen LogP contribution >= 0.6 is 0 Å². The van der Waals surface area contributed by atoms with Gasteiger partial charge in [0.1, 0.15) is 13.2 Å². The maximum absolute atomic E-state index is 13.0. The van der Waals surface area contributed by atoms with E-state index in [1.807, 2.05) is 0 Å². The molecule has 0 fully saturated rings. The number of unbranched alkanes of at least 4 members (excludes halogenated alkanes) is 55. The quantitative estimate of drug-likeness (QED) is 0.0261. The van der Waals surface area contributed by atoms with Crippen molar-refractivity contribution in [3.05, 3.63) is 24.3 Å². The second-order valence-electron chi connectivity index (χ2n) is 25.6. The maximum Gasteiger partial charge on any atom is 0.306 e. The van der Waals surface area contributed by atoms with Gasteiger partial charge in [0, 0.05) is 19.3 Å². The molecule has 0 radical (unpaired) electrons. The Morgan fingerprint density at radius 3 is 0.610 bits per heavy atom. The second kappa shape index (κ2) is 71.4. The molecule has 0 aliphatic carbocycles. The van der Waals surface area contributed by atoms with E-state index < -0.39 is 6.10 Å². The normalized spacial score (nSPS) is 12.1. The molecule has 0 aliphatic rings. The molecule has 0 aromatic carbocycles. The molecule has 0 saturated carbocycles. The maximum atomic E-state index is 13.0. The lowest BCUT2D eigenvalue weighted by molar-refractivity contribution is -0.167. The predicted octanol–water partition coefficient (Wildman–Crippen LogP) is 25.7. The molecule has 0 N–H and O–H groups in total. The molecule has 1 atom stereocenters. The van der Waals surface area contributed by atoms with Gasteiger partial charge in [-0.2, -0.15) is 0 Å². The summed E-state index contributed by atoms with van der Waals surface area (Å²) < 4.78 is 17.0. The fraction of sp³-hybridized carbons (Fsp3) is 0.908. The average Bonchev–Trinajstić information content (AvgIpc) is 3.48. The molecule has 0 spiro atoms. The molecule has 6 heteroatoms. The lowest BCUT2D eigenvalue weighted by Gasteiger charge is -2.18. The van der Waals surface area contributed by atoms with Crippen molar-refractivity contribution in [1.29, 1.82) is 0 Å². The minimum atomic E-state index is -0.773. The first kappa shape index (κ1) is 79.9. The zero-order chi connectivity index (χ0) is 59.2. The van der Waals surface area contributed by atoms with Gasteiger partial charge >= 0.3 is 17.9 Å². The first-order valence-corrected chi connectivity index (χ1v) is 37.3. The molecule has 1 unspecified atom stereocenters. The zero-order valence-corrected chi connectivity index (χ0v) is 55.8. The highest BCUT2D eigenvalue weighted by atomic mass is 16.6. The average molecular weight is 1150 g/mol. The van der Waals surface area contributed by atoms with Gasteiger partial charge in [-0.15, -0.1) is 0 Å². The molecule has 82 heavy (non-hydrogen) atoms. The van der Waals surface area contributed by atoms with Crippen LogP contribution in [0, 0.1) is 0 Å². The van der Waals surface area contributed by atoms with Gasteiger partial charge in [-0.05, 0) is 70.6 Å². The number of esters is 3. The van der Waals surface area contributed by atoms with Gasteiger partial charge in [0.25, 0.3) is 0 Å². The molecular formula is C76H144O6. The minimum Gasteiger partial charge on any atom is -0.462 e. The molecule has 0 saturated heterocycles. The Labute approximate surface area is 513 Å². The Morgan fingerprint density at radius 1 is 0.232 bits per heavy atom. The number of rotatable bonds is 70. The van der Waals surface area contributed by atoms with Crippen LogP contribution in [-0.2, 0) is 28.6 Å². The number of hydrogen-bond donors (Lipinski definition) is 0. The molecule has 0 heterocycles. The van der Waals surface area contributed by atoms with Crippen molar-refractivity contribution in [3.63, 3.8) is 0 Å². The van der Waals surface area contributed by atoms with Crippen LogP contribution in [0.2, 0.25) is 0 Å². The Hall–Kier alpha value is -2.11. The molecular weight excluding hydrogens is 1010 g/mol. The summed E-state index contributed by atoms with van der Waals surface area (Å²) in [5, 5.41) is 0. The van der Waals surface area contributed by atoms with E-state index in [4.69, 9.17) is 14.2 Å². The van der Waals surface area contributed by atoms with Crippen molar-refractivity contribution in [2.45, 2.75) is 431 Å². The highest BCUT2D eigenvalue weighted by Crippen LogP contribution is 2.19. The Kier molecular flexibility index (Phi) is 69.5. The van der Waals surface area contributed by atoms with Crippen LogP contribution in [0.4, 0.5) is 0 Å². The largest absolute Gasteiger partial charge is 0.462 e. The summed E-state index contributed by atoms with van der Waals surface area (Å²) in [7, 11) is 0. The van der Waals surface area contributed by atoms with E-state index in [9.17, 15) is 14.4 Å². The first-order chi connectivity index (χ1) is 40.5. The summed E-state index contributed by atoms with van der Waals surface area (Å²) >= 11 is 0. The Balaban J connectivity index is 4.24. The van der Waals surface area contributed by atoms with Gasteiger partial charge in [0.05, 0.1) is 0 Å². The molecule has 0 aromatic heterocycles. The fourth-order valence-electron chi connectivity index (χ4n) is 11.6. The van der Waals surface area contributed by atoms with E-state index in [2.05, 4.69) is 45.1 Å². The van der Waals surface area contributed by atoms with Gasteiger partial charge in [0.2, 0.25) is 0 Å². The van der Waals surface area contributed by atoms with Gasteiger partial charge in [-0.1, -0.05) is 360 Å². The topological polar surface area (TPSA) is 78.9 Å². The third-order valence-electron chi connectivity index (χ3n) is 17.2. The van der Waals surface area contributed by atoms with Crippen LogP contribution < -0.4 is 0 Å². The molecule has 0 bridgehead atoms. The van der Waals surface area contributed by atoms with Crippen molar-refractivity contribution in [3.8, 4) is 0 Å². The van der Waals surface area contributed by atoms with E-state index in [0.29, 0.717) is 19.3 Å². The van der Waals surface area contributed by atoms with Crippen molar-refractivity contribution >= 4 is 17.9 Å². The van der Waals surface area contributed by atoms with Gasteiger partial charge in [-0.3, -0.25) is 14.4 Å². The third-order valence-corrected chi connectivity index (χ3v) is 17.2. The number of carbonyl (C=O) groups is 3. The van der Waals surface area contributed by atoms with E-state index in [1.165, 1.54) is 321 Å². The zero-order valence-electron chi connectivity index (χ0n) is 55.8. The van der Waals surface area contributed by atoms with Crippen molar-refractivity contribution in [1.82, 2.24) is 0 Å². The highest BCUT2D eigenvalue weighted by Gasteiger charge is 2.20.